The van der Waals surface area contributed by atoms with Gasteiger partial charge in [0.1, 0.15) is 4.60 Å². The number of anilines is 1. The molecular weight excluding hydrogens is 376 g/mol. The topological polar surface area (TPSA) is 75.2 Å². The molecule has 94 valence electrons. The molecule has 2 heterocycles. The van der Waals surface area contributed by atoms with Crippen molar-refractivity contribution >= 4 is 47.9 Å². The molecule has 1 saturated heterocycles. The lowest BCUT2D eigenvalue weighted by atomic mass is 10.4. The molecule has 0 aromatic carbocycles. The predicted molar refractivity (Wildman–Crippen MR) is 70.8 cm³/mol. The molecule has 6 nitrogen and oxygen atoms in total. The number of hydrogen-bond donors (Lipinski definition) is 1. The van der Waals surface area contributed by atoms with E-state index in [0.717, 1.165) is 12.8 Å². The minimum absolute atomic E-state index is 0.195. The first-order valence-corrected chi connectivity index (χ1v) is 7.97. The minimum atomic E-state index is -3.51. The molecule has 0 atom stereocenters. The van der Waals surface area contributed by atoms with Crippen molar-refractivity contribution in [1.29, 1.82) is 0 Å². The summed E-state index contributed by atoms with van der Waals surface area (Å²) in [6.07, 6.45) is 3.23. The van der Waals surface area contributed by atoms with Gasteiger partial charge in [0, 0.05) is 13.1 Å². The lowest BCUT2D eigenvalue weighted by molar-refractivity contribution is 0.482. The lowest BCUT2D eigenvalue weighted by Gasteiger charge is -2.16. The average molecular weight is 386 g/mol. The molecule has 0 bridgehead atoms. The highest BCUT2D eigenvalue weighted by Crippen LogP contribution is 2.22. The first-order chi connectivity index (χ1) is 7.99. The van der Waals surface area contributed by atoms with E-state index in [1.807, 2.05) is 0 Å². The second-order valence-corrected chi connectivity index (χ2v) is 6.78. The summed E-state index contributed by atoms with van der Waals surface area (Å²) < 4.78 is 28.6. The van der Waals surface area contributed by atoms with Crippen molar-refractivity contribution in [3.63, 3.8) is 0 Å². The standard InChI is InChI=1S/C8H10Br2N4O2S/c9-6-5-11-8(7(10)12-6)13-17(15,16)14-3-1-2-4-14/h5H,1-4H2,(H,11,13). The number of halogens is 2. The third-order valence-corrected chi connectivity index (χ3v) is 4.76. The van der Waals surface area contributed by atoms with Crippen LogP contribution in [0.4, 0.5) is 5.82 Å². The van der Waals surface area contributed by atoms with Crippen molar-refractivity contribution in [2.24, 2.45) is 0 Å². The second-order valence-electron chi connectivity index (χ2n) is 3.55. The Balaban J connectivity index is 2.19. The van der Waals surface area contributed by atoms with Gasteiger partial charge in [0.2, 0.25) is 0 Å². The highest BCUT2D eigenvalue weighted by atomic mass is 79.9. The number of nitrogens with zero attached hydrogens (tertiary/aromatic N) is 3. The van der Waals surface area contributed by atoms with Gasteiger partial charge in [0.25, 0.3) is 0 Å². The summed E-state index contributed by atoms with van der Waals surface area (Å²) in [5.41, 5.74) is 0. The SMILES string of the molecule is O=S(=O)(Nc1ncc(Br)nc1Br)N1CCCC1. The molecule has 0 amide bonds. The van der Waals surface area contributed by atoms with Crippen molar-refractivity contribution in [2.45, 2.75) is 12.8 Å². The summed E-state index contributed by atoms with van der Waals surface area (Å²) in [6.45, 7) is 1.10. The molecule has 1 aromatic rings. The summed E-state index contributed by atoms with van der Waals surface area (Å²) in [6, 6.07) is 0. The van der Waals surface area contributed by atoms with Gasteiger partial charge in [0.15, 0.2) is 10.4 Å². The van der Waals surface area contributed by atoms with E-state index in [4.69, 9.17) is 0 Å². The van der Waals surface area contributed by atoms with Crippen LogP contribution in [0.25, 0.3) is 0 Å². The third-order valence-electron chi connectivity index (χ3n) is 2.33. The molecule has 0 aliphatic carbocycles. The van der Waals surface area contributed by atoms with Crippen molar-refractivity contribution in [3.8, 4) is 0 Å². The molecule has 9 heteroatoms. The summed E-state index contributed by atoms with van der Waals surface area (Å²) in [7, 11) is -3.51. The number of rotatable bonds is 3. The van der Waals surface area contributed by atoms with Crippen LogP contribution in [0.5, 0.6) is 0 Å². The molecule has 0 radical (unpaired) electrons. The van der Waals surface area contributed by atoms with Crippen molar-refractivity contribution in [3.05, 3.63) is 15.4 Å². The predicted octanol–water partition coefficient (Wildman–Crippen LogP) is 1.75. The zero-order chi connectivity index (χ0) is 12.5. The van der Waals surface area contributed by atoms with Crippen LogP contribution < -0.4 is 4.72 Å². The Morgan fingerprint density at radius 3 is 2.53 bits per heavy atom. The maximum Gasteiger partial charge on any atom is 0.302 e. The first kappa shape index (κ1) is 13.2. The lowest BCUT2D eigenvalue weighted by Crippen LogP contribution is -2.33. The van der Waals surface area contributed by atoms with Crippen LogP contribution in [0.15, 0.2) is 15.4 Å². The van der Waals surface area contributed by atoms with E-state index in [2.05, 4.69) is 46.5 Å². The Morgan fingerprint density at radius 1 is 1.29 bits per heavy atom. The van der Waals surface area contributed by atoms with Gasteiger partial charge >= 0.3 is 10.2 Å². The Kier molecular flexibility index (Phi) is 4.01. The van der Waals surface area contributed by atoms with Crippen LogP contribution >= 0.6 is 31.9 Å². The average Bonchev–Trinajstić information content (AvgIpc) is 2.76. The Hall–Kier alpha value is -0.250. The molecule has 1 aliphatic rings. The Morgan fingerprint density at radius 2 is 1.94 bits per heavy atom. The summed E-state index contributed by atoms with van der Waals surface area (Å²) in [5, 5.41) is 0. The van der Waals surface area contributed by atoms with Gasteiger partial charge in [-0.3, -0.25) is 4.72 Å². The van der Waals surface area contributed by atoms with Crippen LogP contribution in [-0.2, 0) is 10.2 Å². The largest absolute Gasteiger partial charge is 0.302 e. The molecule has 1 N–H and O–H groups in total. The summed E-state index contributed by atoms with van der Waals surface area (Å²) >= 11 is 6.31. The van der Waals surface area contributed by atoms with Crippen LogP contribution in [0.2, 0.25) is 0 Å². The maximum absolute atomic E-state index is 12.0. The van der Waals surface area contributed by atoms with Crippen molar-refractivity contribution < 1.29 is 8.42 Å². The first-order valence-electron chi connectivity index (χ1n) is 4.95. The Bertz CT molecular complexity index is 516. The highest BCUT2D eigenvalue weighted by Gasteiger charge is 2.26. The zero-order valence-electron chi connectivity index (χ0n) is 8.73. The van der Waals surface area contributed by atoms with Gasteiger partial charge in [-0.25, -0.2) is 9.97 Å². The number of aromatic nitrogens is 2. The van der Waals surface area contributed by atoms with E-state index in [0.29, 0.717) is 22.3 Å². The highest BCUT2D eigenvalue weighted by molar-refractivity contribution is 9.11. The molecule has 2 rings (SSSR count). The molecule has 1 fully saturated rings. The van der Waals surface area contributed by atoms with Crippen LogP contribution in [0.1, 0.15) is 12.8 Å². The monoisotopic (exact) mass is 384 g/mol. The van der Waals surface area contributed by atoms with Crippen LogP contribution in [0.3, 0.4) is 0 Å². The van der Waals surface area contributed by atoms with Crippen LogP contribution in [0, 0.1) is 0 Å². The normalized spacial score (nSPS) is 17.3. The fourth-order valence-electron chi connectivity index (χ4n) is 1.53. The molecule has 1 aliphatic heterocycles. The van der Waals surface area contributed by atoms with Gasteiger partial charge in [-0.15, -0.1) is 0 Å². The van der Waals surface area contributed by atoms with E-state index in [1.54, 1.807) is 0 Å². The molecular formula is C8H10Br2N4O2S. The molecule has 17 heavy (non-hydrogen) atoms. The second kappa shape index (κ2) is 5.17. The third kappa shape index (κ3) is 3.15. The van der Waals surface area contributed by atoms with Gasteiger partial charge in [-0.05, 0) is 44.7 Å². The fourth-order valence-corrected chi connectivity index (χ4v) is 3.83. The maximum atomic E-state index is 12.0. The molecule has 0 saturated carbocycles. The molecule has 1 aromatic heterocycles. The number of nitrogens with one attached hydrogen (secondary N) is 1. The van der Waals surface area contributed by atoms with E-state index in [9.17, 15) is 8.42 Å². The van der Waals surface area contributed by atoms with Gasteiger partial charge in [-0.1, -0.05) is 0 Å². The van der Waals surface area contributed by atoms with Crippen LogP contribution in [-0.4, -0.2) is 35.8 Å². The van der Waals surface area contributed by atoms with Crippen molar-refractivity contribution in [1.82, 2.24) is 14.3 Å². The van der Waals surface area contributed by atoms with Gasteiger partial charge in [-0.2, -0.15) is 12.7 Å². The zero-order valence-corrected chi connectivity index (χ0v) is 12.7. The summed E-state index contributed by atoms with van der Waals surface area (Å²) in [5.74, 6) is 0.195. The molecule has 0 spiro atoms. The fraction of sp³-hybridized carbons (Fsp3) is 0.500. The minimum Gasteiger partial charge on any atom is -0.252 e. The number of hydrogen-bond acceptors (Lipinski definition) is 4. The molecule has 0 unspecified atom stereocenters. The quantitative estimate of drug-likeness (QED) is 0.859. The van der Waals surface area contributed by atoms with Crippen molar-refractivity contribution in [2.75, 3.05) is 17.8 Å². The van der Waals surface area contributed by atoms with E-state index in [-0.39, 0.29) is 5.82 Å². The van der Waals surface area contributed by atoms with E-state index < -0.39 is 10.2 Å². The van der Waals surface area contributed by atoms with Gasteiger partial charge in [0.05, 0.1) is 6.20 Å². The smallest absolute Gasteiger partial charge is 0.252 e. The van der Waals surface area contributed by atoms with E-state index in [1.165, 1.54) is 10.5 Å². The van der Waals surface area contributed by atoms with Gasteiger partial charge < -0.3 is 0 Å². The van der Waals surface area contributed by atoms with E-state index >= 15 is 0 Å². The summed E-state index contributed by atoms with van der Waals surface area (Å²) in [4.78, 5) is 7.97. The Labute approximate surface area is 116 Å².